The molecule has 1 N–H and O–H groups in total. The molecule has 2 aromatic heterocycles. The zero-order valence-electron chi connectivity index (χ0n) is 19.3. The fourth-order valence-electron chi connectivity index (χ4n) is 3.35. The van der Waals surface area contributed by atoms with Crippen LogP contribution in [0.4, 0.5) is 5.69 Å². The molecular weight excluding hydrogens is 468 g/mol. The molecule has 0 bridgehead atoms. The van der Waals surface area contributed by atoms with Gasteiger partial charge in [-0.3, -0.25) is 9.71 Å². The van der Waals surface area contributed by atoms with Crippen LogP contribution in [0.5, 0.6) is 0 Å². The summed E-state index contributed by atoms with van der Waals surface area (Å²) in [5, 5.41) is 3.93. The van der Waals surface area contributed by atoms with E-state index in [1.54, 1.807) is 49.6 Å². The summed E-state index contributed by atoms with van der Waals surface area (Å²) in [4.78, 5) is 21.0. The van der Waals surface area contributed by atoms with E-state index < -0.39 is 16.0 Å². The summed E-state index contributed by atoms with van der Waals surface area (Å²) >= 11 is 0. The molecule has 0 saturated heterocycles. The fraction of sp³-hybridized carbons (Fsp3) is 0.200. The molecule has 35 heavy (non-hydrogen) atoms. The summed E-state index contributed by atoms with van der Waals surface area (Å²) in [6.07, 6.45) is 4.19. The summed E-state index contributed by atoms with van der Waals surface area (Å²) < 4.78 is 38.8. The van der Waals surface area contributed by atoms with Gasteiger partial charge in [0.05, 0.1) is 17.1 Å². The van der Waals surface area contributed by atoms with E-state index in [2.05, 4.69) is 19.8 Å². The van der Waals surface area contributed by atoms with Crippen molar-refractivity contribution in [3.8, 4) is 11.4 Å². The first kappa shape index (κ1) is 24.1. The van der Waals surface area contributed by atoms with Crippen molar-refractivity contribution in [2.75, 3.05) is 11.3 Å². The topological polar surface area (TPSA) is 124 Å². The number of esters is 1. The van der Waals surface area contributed by atoms with Gasteiger partial charge in [-0.25, -0.2) is 13.2 Å². The molecule has 10 heteroatoms. The molecule has 180 valence electrons. The molecule has 0 aliphatic rings. The lowest BCUT2D eigenvalue weighted by atomic mass is 10.1. The van der Waals surface area contributed by atoms with Crippen molar-refractivity contribution in [3.63, 3.8) is 0 Å². The van der Waals surface area contributed by atoms with Crippen molar-refractivity contribution in [2.24, 2.45) is 0 Å². The number of hydrogen-bond acceptors (Lipinski definition) is 8. The summed E-state index contributed by atoms with van der Waals surface area (Å²) in [6.45, 7) is 3.71. The molecule has 0 fully saturated rings. The van der Waals surface area contributed by atoms with Crippen LogP contribution in [0.2, 0.25) is 0 Å². The van der Waals surface area contributed by atoms with Gasteiger partial charge in [-0.15, -0.1) is 0 Å². The second-order valence-corrected chi connectivity index (χ2v) is 9.63. The van der Waals surface area contributed by atoms with Crippen LogP contribution < -0.4 is 4.72 Å². The Morgan fingerprint density at radius 1 is 1.09 bits per heavy atom. The summed E-state index contributed by atoms with van der Waals surface area (Å²) in [6, 6.07) is 15.0. The highest BCUT2D eigenvalue weighted by Crippen LogP contribution is 2.21. The van der Waals surface area contributed by atoms with Crippen LogP contribution in [0.15, 0.2) is 76.4 Å². The normalized spacial score (nSPS) is 11.3. The van der Waals surface area contributed by atoms with Gasteiger partial charge in [-0.1, -0.05) is 23.4 Å². The van der Waals surface area contributed by atoms with Crippen molar-refractivity contribution >= 4 is 21.7 Å². The number of aromatic nitrogens is 3. The molecule has 9 nitrogen and oxygen atoms in total. The SMILES string of the molecule is Cc1cccc(NS(=O)(=O)c2ccc(C)c(C(=O)OCCCc3nc(-c4cccnc4)no3)c2)c1. The zero-order chi connectivity index (χ0) is 24.8. The third-order valence-electron chi connectivity index (χ3n) is 5.17. The van der Waals surface area contributed by atoms with Crippen molar-refractivity contribution in [3.05, 3.63) is 89.6 Å². The number of rotatable bonds is 9. The average molecular weight is 493 g/mol. The fourth-order valence-corrected chi connectivity index (χ4v) is 4.42. The Balaban J connectivity index is 1.35. The maximum atomic E-state index is 12.8. The van der Waals surface area contributed by atoms with E-state index >= 15 is 0 Å². The maximum absolute atomic E-state index is 12.8. The molecule has 0 spiro atoms. The number of pyridine rings is 1. The smallest absolute Gasteiger partial charge is 0.338 e. The van der Waals surface area contributed by atoms with Gasteiger partial charge in [-0.05, 0) is 67.8 Å². The van der Waals surface area contributed by atoms with Crippen molar-refractivity contribution in [2.45, 2.75) is 31.6 Å². The third kappa shape index (κ3) is 6.10. The predicted octanol–water partition coefficient (Wildman–Crippen LogP) is 4.34. The monoisotopic (exact) mass is 492 g/mol. The van der Waals surface area contributed by atoms with Gasteiger partial charge < -0.3 is 9.26 Å². The Bertz CT molecular complexity index is 1440. The van der Waals surface area contributed by atoms with Crippen LogP contribution in [0.25, 0.3) is 11.4 Å². The Hall–Kier alpha value is -4.05. The van der Waals surface area contributed by atoms with Crippen LogP contribution >= 0.6 is 0 Å². The summed E-state index contributed by atoms with van der Waals surface area (Å²) in [5.41, 5.74) is 2.92. The number of sulfonamides is 1. The number of ether oxygens (including phenoxy) is 1. The molecule has 4 aromatic rings. The lowest BCUT2D eigenvalue weighted by Gasteiger charge is -2.11. The van der Waals surface area contributed by atoms with E-state index in [1.165, 1.54) is 12.1 Å². The summed E-state index contributed by atoms with van der Waals surface area (Å²) in [5.74, 6) is 0.265. The summed E-state index contributed by atoms with van der Waals surface area (Å²) in [7, 11) is -3.87. The number of nitrogens with one attached hydrogen (secondary N) is 1. The number of nitrogens with zero attached hydrogens (tertiary/aromatic N) is 3. The predicted molar refractivity (Wildman–Crippen MR) is 129 cm³/mol. The molecule has 0 aliphatic carbocycles. The first-order valence-corrected chi connectivity index (χ1v) is 12.4. The van der Waals surface area contributed by atoms with Gasteiger partial charge in [0.25, 0.3) is 10.0 Å². The molecule has 0 saturated carbocycles. The van der Waals surface area contributed by atoms with Gasteiger partial charge in [-0.2, -0.15) is 4.98 Å². The Kier molecular flexibility index (Phi) is 7.21. The second-order valence-electron chi connectivity index (χ2n) is 7.94. The van der Waals surface area contributed by atoms with Gasteiger partial charge >= 0.3 is 5.97 Å². The first-order chi connectivity index (χ1) is 16.8. The van der Waals surface area contributed by atoms with E-state index in [9.17, 15) is 13.2 Å². The molecular formula is C25H24N4O5S. The number of hydrogen-bond donors (Lipinski definition) is 1. The Morgan fingerprint density at radius 2 is 1.94 bits per heavy atom. The molecule has 2 aromatic carbocycles. The Labute approximate surface area is 203 Å². The van der Waals surface area contributed by atoms with Gasteiger partial charge in [0.2, 0.25) is 11.7 Å². The van der Waals surface area contributed by atoms with Crippen molar-refractivity contribution in [1.82, 2.24) is 15.1 Å². The van der Waals surface area contributed by atoms with Gasteiger partial charge in [0, 0.05) is 30.1 Å². The number of benzene rings is 2. The molecule has 0 radical (unpaired) electrons. The van der Waals surface area contributed by atoms with E-state index in [1.807, 2.05) is 19.1 Å². The van der Waals surface area contributed by atoms with E-state index in [0.29, 0.717) is 35.8 Å². The van der Waals surface area contributed by atoms with Crippen LogP contribution in [0.1, 0.15) is 33.8 Å². The molecule has 4 rings (SSSR count). The zero-order valence-corrected chi connectivity index (χ0v) is 20.1. The highest BCUT2D eigenvalue weighted by atomic mass is 32.2. The van der Waals surface area contributed by atoms with Crippen LogP contribution in [0, 0.1) is 13.8 Å². The lowest BCUT2D eigenvalue weighted by molar-refractivity contribution is 0.0497. The van der Waals surface area contributed by atoms with E-state index in [4.69, 9.17) is 9.26 Å². The lowest BCUT2D eigenvalue weighted by Crippen LogP contribution is -2.15. The first-order valence-electron chi connectivity index (χ1n) is 10.9. The largest absolute Gasteiger partial charge is 0.462 e. The number of carbonyl (C=O) groups is 1. The highest BCUT2D eigenvalue weighted by Gasteiger charge is 2.19. The van der Waals surface area contributed by atoms with Crippen LogP contribution in [-0.2, 0) is 21.2 Å². The molecule has 0 amide bonds. The minimum atomic E-state index is -3.87. The molecule has 0 unspecified atom stereocenters. The van der Waals surface area contributed by atoms with Gasteiger partial charge in [0.1, 0.15) is 0 Å². The number of aryl methyl sites for hydroxylation is 3. The van der Waals surface area contributed by atoms with Crippen molar-refractivity contribution < 1.29 is 22.5 Å². The third-order valence-corrected chi connectivity index (χ3v) is 6.54. The van der Waals surface area contributed by atoms with E-state index in [-0.39, 0.29) is 17.1 Å². The van der Waals surface area contributed by atoms with E-state index in [0.717, 1.165) is 11.1 Å². The number of anilines is 1. The minimum Gasteiger partial charge on any atom is -0.462 e. The van der Waals surface area contributed by atoms with Crippen molar-refractivity contribution in [1.29, 1.82) is 0 Å². The average Bonchev–Trinajstić information content (AvgIpc) is 3.31. The standard InChI is InChI=1S/C25H24N4O5S/c1-17-6-3-8-20(14-17)29-35(31,32)21-11-10-18(2)22(15-21)25(30)33-13-5-9-23-27-24(28-34-23)19-7-4-12-26-16-19/h3-4,6-8,10-12,14-16,29H,5,9,13H2,1-2H3. The quantitative estimate of drug-likeness (QED) is 0.270. The highest BCUT2D eigenvalue weighted by molar-refractivity contribution is 7.92. The molecule has 0 atom stereocenters. The Morgan fingerprint density at radius 3 is 2.71 bits per heavy atom. The van der Waals surface area contributed by atoms with Crippen LogP contribution in [-0.4, -0.2) is 36.1 Å². The molecule has 0 aliphatic heterocycles. The second kappa shape index (κ2) is 10.5. The molecule has 2 heterocycles. The van der Waals surface area contributed by atoms with Crippen LogP contribution in [0.3, 0.4) is 0 Å². The number of carbonyl (C=O) groups excluding carboxylic acids is 1. The maximum Gasteiger partial charge on any atom is 0.338 e. The van der Waals surface area contributed by atoms with Gasteiger partial charge in [0.15, 0.2) is 0 Å². The minimum absolute atomic E-state index is 0.0228.